The maximum Gasteiger partial charge on any atom is 0.119 e. The summed E-state index contributed by atoms with van der Waals surface area (Å²) in [5, 5.41) is 13.8. The second-order valence-corrected chi connectivity index (χ2v) is 7.86. The molecule has 0 saturated carbocycles. The molecule has 3 N–H and O–H groups in total. The molecule has 1 aromatic heterocycles. The maximum absolute atomic E-state index is 10.3. The number of hydrogen-bond acceptors (Lipinski definition) is 5. The van der Waals surface area contributed by atoms with Gasteiger partial charge in [0.1, 0.15) is 18.5 Å². The van der Waals surface area contributed by atoms with Gasteiger partial charge in [0.15, 0.2) is 0 Å². The molecule has 0 saturated heterocycles. The monoisotopic (exact) mass is 402 g/mol. The van der Waals surface area contributed by atoms with Crippen LogP contribution in [0.1, 0.15) is 5.56 Å². The molecule has 3 aromatic rings. The normalized spacial score (nSPS) is 12.3. The lowest BCUT2D eigenvalue weighted by atomic mass is 10.0. The van der Waals surface area contributed by atoms with E-state index in [0.717, 1.165) is 16.1 Å². The first-order valence-electron chi connectivity index (χ1n) is 8.69. The van der Waals surface area contributed by atoms with Gasteiger partial charge >= 0.3 is 0 Å². The number of nitrogen functional groups attached to an aromatic ring is 1. The van der Waals surface area contributed by atoms with Crippen LogP contribution in [0.4, 0.5) is 5.00 Å². The van der Waals surface area contributed by atoms with Gasteiger partial charge in [-0.2, -0.15) is 0 Å². The number of rotatable bonds is 8. The zero-order chi connectivity index (χ0) is 19.2. The van der Waals surface area contributed by atoms with Gasteiger partial charge in [0.2, 0.25) is 0 Å². The van der Waals surface area contributed by atoms with E-state index in [2.05, 4.69) is 17.0 Å². The van der Waals surface area contributed by atoms with Crippen LogP contribution in [0, 0.1) is 0 Å². The third-order valence-corrected chi connectivity index (χ3v) is 5.22. The number of aliphatic hydroxyl groups excluding tert-OH is 1. The van der Waals surface area contributed by atoms with Gasteiger partial charge in [0.05, 0.1) is 5.00 Å². The molecule has 0 aliphatic rings. The smallest absolute Gasteiger partial charge is 0.119 e. The van der Waals surface area contributed by atoms with E-state index in [1.807, 2.05) is 30.6 Å². The maximum atomic E-state index is 10.3. The standard InChI is InChI=1S/C21H23ClN2O2S/c1-24(13-17(25)14-26-18-8-6-16(22)7-9-18)12-15-4-2-3-5-19(15)20-10-11-27-21(20)23/h2-11,17,25H,12-14,23H2,1H3. The minimum absolute atomic E-state index is 0.227. The SMILES string of the molecule is CN(Cc1ccccc1-c1ccsc1N)CC(O)COc1ccc(Cl)cc1. The summed E-state index contributed by atoms with van der Waals surface area (Å²) in [6.45, 7) is 1.44. The molecule has 0 bridgehead atoms. The number of ether oxygens (including phenoxy) is 1. The van der Waals surface area contributed by atoms with Crippen molar-refractivity contribution in [2.45, 2.75) is 12.6 Å². The molecule has 0 aliphatic heterocycles. The van der Waals surface area contributed by atoms with E-state index in [1.165, 1.54) is 5.56 Å². The van der Waals surface area contributed by atoms with E-state index in [4.69, 9.17) is 22.1 Å². The fourth-order valence-electron chi connectivity index (χ4n) is 2.96. The molecule has 0 radical (unpaired) electrons. The van der Waals surface area contributed by atoms with Gasteiger partial charge in [-0.05, 0) is 53.9 Å². The first kappa shape index (κ1) is 19.7. The van der Waals surface area contributed by atoms with Crippen LogP contribution in [0.25, 0.3) is 11.1 Å². The predicted octanol–water partition coefficient (Wildman–Crippen LogP) is 4.52. The van der Waals surface area contributed by atoms with Crippen LogP contribution in [0.3, 0.4) is 0 Å². The number of aliphatic hydroxyl groups is 1. The van der Waals surface area contributed by atoms with E-state index in [9.17, 15) is 5.11 Å². The van der Waals surface area contributed by atoms with Gasteiger partial charge in [-0.15, -0.1) is 11.3 Å². The van der Waals surface area contributed by atoms with Crippen molar-refractivity contribution in [3.63, 3.8) is 0 Å². The Morgan fingerprint density at radius 3 is 2.56 bits per heavy atom. The second-order valence-electron chi connectivity index (χ2n) is 6.47. The summed E-state index contributed by atoms with van der Waals surface area (Å²) in [6, 6.07) is 17.4. The van der Waals surface area contributed by atoms with Crippen molar-refractivity contribution < 1.29 is 9.84 Å². The van der Waals surface area contributed by atoms with Crippen LogP contribution in [-0.4, -0.2) is 36.3 Å². The van der Waals surface area contributed by atoms with Crippen molar-refractivity contribution in [1.29, 1.82) is 0 Å². The second kappa shape index (κ2) is 9.24. The van der Waals surface area contributed by atoms with Crippen molar-refractivity contribution in [1.82, 2.24) is 4.90 Å². The molecule has 0 aliphatic carbocycles. The van der Waals surface area contributed by atoms with Crippen LogP contribution >= 0.6 is 22.9 Å². The van der Waals surface area contributed by atoms with Gasteiger partial charge < -0.3 is 15.6 Å². The van der Waals surface area contributed by atoms with Crippen molar-refractivity contribution in [2.24, 2.45) is 0 Å². The molecular weight excluding hydrogens is 380 g/mol. The number of nitrogens with zero attached hydrogens (tertiary/aromatic N) is 1. The van der Waals surface area contributed by atoms with E-state index < -0.39 is 6.10 Å². The molecule has 27 heavy (non-hydrogen) atoms. The molecule has 6 heteroatoms. The van der Waals surface area contributed by atoms with Gasteiger partial charge in [-0.25, -0.2) is 0 Å². The molecule has 1 atom stereocenters. The van der Waals surface area contributed by atoms with Crippen LogP contribution in [-0.2, 0) is 6.54 Å². The lowest BCUT2D eigenvalue weighted by Gasteiger charge is -2.22. The number of benzene rings is 2. The fraction of sp³-hybridized carbons (Fsp3) is 0.238. The lowest BCUT2D eigenvalue weighted by Crippen LogP contribution is -2.32. The van der Waals surface area contributed by atoms with Crippen molar-refractivity contribution in [2.75, 3.05) is 25.9 Å². The molecule has 2 aromatic carbocycles. The summed E-state index contributed by atoms with van der Waals surface area (Å²) >= 11 is 7.40. The molecule has 142 valence electrons. The Bertz CT molecular complexity index is 867. The summed E-state index contributed by atoms with van der Waals surface area (Å²) in [4.78, 5) is 2.08. The average molecular weight is 403 g/mol. The summed E-state index contributed by atoms with van der Waals surface area (Å²) < 4.78 is 5.62. The van der Waals surface area contributed by atoms with E-state index >= 15 is 0 Å². The quantitative estimate of drug-likeness (QED) is 0.581. The molecule has 0 amide bonds. The Balaban J connectivity index is 1.57. The number of likely N-dealkylation sites (N-methyl/N-ethyl adjacent to an activating group) is 1. The van der Waals surface area contributed by atoms with Crippen molar-refractivity contribution in [3.05, 3.63) is 70.6 Å². The topological polar surface area (TPSA) is 58.7 Å². The third kappa shape index (κ3) is 5.47. The van der Waals surface area contributed by atoms with Gasteiger partial charge in [-0.1, -0.05) is 35.9 Å². The van der Waals surface area contributed by atoms with Gasteiger partial charge in [-0.3, -0.25) is 4.90 Å². The Hall–Kier alpha value is -2.05. The minimum atomic E-state index is -0.593. The highest BCUT2D eigenvalue weighted by molar-refractivity contribution is 7.14. The first-order valence-corrected chi connectivity index (χ1v) is 9.95. The van der Waals surface area contributed by atoms with Crippen LogP contribution in [0.15, 0.2) is 60.0 Å². The van der Waals surface area contributed by atoms with Crippen molar-refractivity contribution >= 4 is 27.9 Å². The molecular formula is C21H23ClN2O2S. The zero-order valence-electron chi connectivity index (χ0n) is 15.1. The average Bonchev–Trinajstić information content (AvgIpc) is 3.07. The molecule has 4 nitrogen and oxygen atoms in total. The third-order valence-electron chi connectivity index (χ3n) is 4.22. The molecule has 3 rings (SSSR count). The summed E-state index contributed by atoms with van der Waals surface area (Å²) in [7, 11) is 1.99. The number of hydrogen-bond donors (Lipinski definition) is 2. The summed E-state index contributed by atoms with van der Waals surface area (Å²) in [5.41, 5.74) is 9.47. The largest absolute Gasteiger partial charge is 0.491 e. The lowest BCUT2D eigenvalue weighted by molar-refractivity contribution is 0.0744. The Labute approximate surface area is 168 Å². The number of halogens is 1. The highest BCUT2D eigenvalue weighted by atomic mass is 35.5. The molecule has 0 spiro atoms. The van der Waals surface area contributed by atoms with Crippen molar-refractivity contribution in [3.8, 4) is 16.9 Å². The summed E-state index contributed by atoms with van der Waals surface area (Å²) in [5.74, 6) is 0.694. The molecule has 1 heterocycles. The number of anilines is 1. The predicted molar refractivity (Wildman–Crippen MR) is 113 cm³/mol. The Morgan fingerprint density at radius 2 is 1.85 bits per heavy atom. The van der Waals surface area contributed by atoms with Gasteiger partial charge in [0, 0.05) is 23.7 Å². The van der Waals surface area contributed by atoms with Crippen LogP contribution in [0.5, 0.6) is 5.75 Å². The fourth-order valence-corrected chi connectivity index (χ4v) is 3.74. The zero-order valence-corrected chi connectivity index (χ0v) is 16.7. The molecule has 1 unspecified atom stereocenters. The van der Waals surface area contributed by atoms with Crippen LogP contribution < -0.4 is 10.5 Å². The highest BCUT2D eigenvalue weighted by Crippen LogP contribution is 2.33. The van der Waals surface area contributed by atoms with E-state index in [1.54, 1.807) is 35.6 Å². The first-order chi connectivity index (χ1) is 13.0. The molecule has 0 fully saturated rings. The Morgan fingerprint density at radius 1 is 1.11 bits per heavy atom. The highest BCUT2D eigenvalue weighted by Gasteiger charge is 2.13. The van der Waals surface area contributed by atoms with E-state index in [-0.39, 0.29) is 6.61 Å². The minimum Gasteiger partial charge on any atom is -0.491 e. The van der Waals surface area contributed by atoms with Gasteiger partial charge in [0.25, 0.3) is 0 Å². The van der Waals surface area contributed by atoms with E-state index in [0.29, 0.717) is 23.9 Å². The summed E-state index contributed by atoms with van der Waals surface area (Å²) in [6.07, 6.45) is -0.593. The Kier molecular flexibility index (Phi) is 6.74. The number of thiophene rings is 1. The van der Waals surface area contributed by atoms with Crippen LogP contribution in [0.2, 0.25) is 5.02 Å². The number of nitrogens with two attached hydrogens (primary N) is 1.